The Bertz CT molecular complexity index is 359. The van der Waals surface area contributed by atoms with Crippen LogP contribution in [-0.4, -0.2) is 10.9 Å². The van der Waals surface area contributed by atoms with Crippen molar-refractivity contribution in [1.82, 2.24) is 4.98 Å². The zero-order chi connectivity index (χ0) is 9.14. The van der Waals surface area contributed by atoms with E-state index < -0.39 is 0 Å². The Morgan fingerprint density at radius 1 is 1.58 bits per heavy atom. The summed E-state index contributed by atoms with van der Waals surface area (Å²) in [5.74, 6) is 0.229. The summed E-state index contributed by atoms with van der Waals surface area (Å²) in [6.07, 6.45) is 0. The maximum atomic E-state index is 10.9. The van der Waals surface area contributed by atoms with E-state index in [0.29, 0.717) is 5.82 Å². The topological polar surface area (TPSA) is 62.0 Å². The fourth-order valence-corrected chi connectivity index (χ4v) is 1.36. The van der Waals surface area contributed by atoms with Gasteiger partial charge in [0.1, 0.15) is 5.82 Å². The second kappa shape index (κ2) is 3.70. The fourth-order valence-electron chi connectivity index (χ4n) is 0.767. The Morgan fingerprint density at radius 2 is 2.25 bits per heavy atom. The summed E-state index contributed by atoms with van der Waals surface area (Å²) in [4.78, 5) is 24.0. The zero-order valence-corrected chi connectivity index (χ0v) is 8.51. The summed E-state index contributed by atoms with van der Waals surface area (Å²) < 4.78 is 0.792. The quantitative estimate of drug-likeness (QED) is 0.751. The molecule has 0 spiro atoms. The van der Waals surface area contributed by atoms with Gasteiger partial charge in [0.15, 0.2) is 0 Å². The Balaban J connectivity index is 3.01. The predicted octanol–water partition coefficient (Wildman–Crippen LogP) is 0.938. The number of anilines is 1. The summed E-state index contributed by atoms with van der Waals surface area (Å²) in [6, 6.07) is 3.13. The van der Waals surface area contributed by atoms with Crippen LogP contribution in [-0.2, 0) is 4.79 Å². The van der Waals surface area contributed by atoms with E-state index in [1.54, 1.807) is 6.07 Å². The molecule has 0 atom stereocenters. The second-order valence-corrected chi connectivity index (χ2v) is 3.50. The van der Waals surface area contributed by atoms with E-state index in [2.05, 4.69) is 10.3 Å². The summed E-state index contributed by atoms with van der Waals surface area (Å²) in [5.41, 5.74) is -0.217. The number of amides is 1. The lowest BCUT2D eigenvalue weighted by Crippen LogP contribution is -2.13. The number of aromatic amines is 1. The van der Waals surface area contributed by atoms with E-state index in [1.165, 1.54) is 13.0 Å². The highest BCUT2D eigenvalue weighted by atomic mass is 127. The van der Waals surface area contributed by atoms with E-state index in [-0.39, 0.29) is 11.5 Å². The van der Waals surface area contributed by atoms with Crippen molar-refractivity contribution < 1.29 is 4.79 Å². The lowest BCUT2D eigenvalue weighted by molar-refractivity contribution is -0.114. The number of nitrogens with one attached hydrogen (secondary N) is 2. The van der Waals surface area contributed by atoms with Crippen LogP contribution in [0.3, 0.4) is 0 Å². The van der Waals surface area contributed by atoms with Gasteiger partial charge in [-0.05, 0) is 28.7 Å². The van der Waals surface area contributed by atoms with E-state index in [0.717, 1.165) is 3.57 Å². The number of aromatic nitrogens is 1. The third-order valence-corrected chi connectivity index (χ3v) is 1.74. The van der Waals surface area contributed by atoms with Crippen molar-refractivity contribution in [3.8, 4) is 0 Å². The molecule has 0 radical (unpaired) electrons. The molecule has 1 rings (SSSR count). The van der Waals surface area contributed by atoms with Crippen LogP contribution in [0, 0.1) is 3.57 Å². The van der Waals surface area contributed by atoms with Gasteiger partial charge in [-0.1, -0.05) is 0 Å². The molecule has 5 heteroatoms. The number of H-pyrrole nitrogens is 1. The summed E-state index contributed by atoms with van der Waals surface area (Å²) in [7, 11) is 0. The van der Waals surface area contributed by atoms with Gasteiger partial charge in [0.2, 0.25) is 5.91 Å². The van der Waals surface area contributed by atoms with Crippen molar-refractivity contribution in [2.45, 2.75) is 6.92 Å². The average molecular weight is 278 g/mol. The van der Waals surface area contributed by atoms with Crippen molar-refractivity contribution in [3.05, 3.63) is 26.1 Å². The normalized spacial score (nSPS) is 9.50. The molecule has 0 aliphatic heterocycles. The SMILES string of the molecule is CC(=O)Nc1cc(I)cc(=O)[nH]1. The van der Waals surface area contributed by atoms with Crippen molar-refractivity contribution >= 4 is 34.3 Å². The molecule has 2 N–H and O–H groups in total. The molecule has 1 aromatic heterocycles. The first-order chi connectivity index (χ1) is 5.58. The number of hydrogen-bond donors (Lipinski definition) is 2. The third kappa shape index (κ3) is 2.65. The first-order valence-corrected chi connectivity index (χ1v) is 4.33. The Labute approximate surface area is 82.5 Å². The van der Waals surface area contributed by atoms with Gasteiger partial charge >= 0.3 is 0 Å². The molecule has 1 amide bonds. The largest absolute Gasteiger partial charge is 0.312 e. The minimum absolute atomic E-state index is 0.201. The van der Waals surface area contributed by atoms with Gasteiger partial charge in [0.05, 0.1) is 0 Å². The molecule has 1 aromatic rings. The minimum Gasteiger partial charge on any atom is -0.312 e. The summed E-state index contributed by atoms with van der Waals surface area (Å²) in [6.45, 7) is 1.39. The molecule has 4 nitrogen and oxygen atoms in total. The molecular formula is C7H7IN2O2. The lowest BCUT2D eigenvalue weighted by Gasteiger charge is -2.00. The predicted molar refractivity (Wildman–Crippen MR) is 54.1 cm³/mol. The Kier molecular flexibility index (Phi) is 2.85. The Morgan fingerprint density at radius 3 is 2.75 bits per heavy atom. The maximum absolute atomic E-state index is 10.9. The molecule has 64 valence electrons. The van der Waals surface area contributed by atoms with E-state index in [9.17, 15) is 9.59 Å². The molecule has 0 bridgehead atoms. The molecule has 12 heavy (non-hydrogen) atoms. The van der Waals surface area contributed by atoms with Crippen LogP contribution in [0.4, 0.5) is 5.82 Å². The molecule has 0 fully saturated rings. The van der Waals surface area contributed by atoms with Crippen LogP contribution in [0.1, 0.15) is 6.92 Å². The van der Waals surface area contributed by atoms with Crippen LogP contribution < -0.4 is 10.9 Å². The van der Waals surface area contributed by atoms with Crippen molar-refractivity contribution in [2.24, 2.45) is 0 Å². The third-order valence-electron chi connectivity index (χ3n) is 1.12. The highest BCUT2D eigenvalue weighted by molar-refractivity contribution is 14.1. The van der Waals surface area contributed by atoms with E-state index in [1.807, 2.05) is 22.6 Å². The van der Waals surface area contributed by atoms with Crippen molar-refractivity contribution in [3.63, 3.8) is 0 Å². The first kappa shape index (κ1) is 9.24. The van der Waals surface area contributed by atoms with Gasteiger partial charge in [-0.2, -0.15) is 0 Å². The smallest absolute Gasteiger partial charge is 0.250 e. The van der Waals surface area contributed by atoms with Gasteiger partial charge in [-0.15, -0.1) is 0 Å². The molecule has 0 aliphatic rings. The van der Waals surface area contributed by atoms with Gasteiger partial charge in [-0.3, -0.25) is 9.59 Å². The number of hydrogen-bond acceptors (Lipinski definition) is 2. The Hall–Kier alpha value is -0.850. The van der Waals surface area contributed by atoms with Crippen molar-refractivity contribution in [2.75, 3.05) is 5.32 Å². The molecule has 0 saturated carbocycles. The summed E-state index contributed by atoms with van der Waals surface area (Å²) >= 11 is 2.01. The number of carbonyl (C=O) groups is 1. The van der Waals surface area contributed by atoms with Crippen molar-refractivity contribution in [1.29, 1.82) is 0 Å². The van der Waals surface area contributed by atoms with Gasteiger partial charge < -0.3 is 10.3 Å². The van der Waals surface area contributed by atoms with Crippen LogP contribution in [0.25, 0.3) is 0 Å². The van der Waals surface area contributed by atoms with E-state index in [4.69, 9.17) is 0 Å². The molecule has 0 aromatic carbocycles. The number of halogens is 1. The molecule has 0 unspecified atom stereocenters. The molecule has 0 saturated heterocycles. The van der Waals surface area contributed by atoms with Crippen LogP contribution in [0.2, 0.25) is 0 Å². The molecular weight excluding hydrogens is 271 g/mol. The molecule has 0 aliphatic carbocycles. The fraction of sp³-hybridized carbons (Fsp3) is 0.143. The highest BCUT2D eigenvalue weighted by Crippen LogP contribution is 2.05. The number of carbonyl (C=O) groups excluding carboxylic acids is 1. The van der Waals surface area contributed by atoms with Crippen LogP contribution in [0.5, 0.6) is 0 Å². The number of pyridine rings is 1. The molecule has 1 heterocycles. The van der Waals surface area contributed by atoms with E-state index >= 15 is 0 Å². The maximum Gasteiger partial charge on any atom is 0.250 e. The van der Waals surface area contributed by atoms with Gasteiger partial charge in [0.25, 0.3) is 5.56 Å². The monoisotopic (exact) mass is 278 g/mol. The zero-order valence-electron chi connectivity index (χ0n) is 6.35. The standard InChI is InChI=1S/C7H7IN2O2/c1-4(11)9-6-2-5(8)3-7(12)10-6/h2-3H,1H3,(H2,9,10,11,12). The second-order valence-electron chi connectivity index (χ2n) is 2.26. The van der Waals surface area contributed by atoms with Gasteiger partial charge in [0, 0.05) is 16.6 Å². The highest BCUT2D eigenvalue weighted by Gasteiger charge is 1.97. The van der Waals surface area contributed by atoms with Crippen LogP contribution in [0.15, 0.2) is 16.9 Å². The average Bonchev–Trinajstić information content (AvgIpc) is 1.81. The first-order valence-electron chi connectivity index (χ1n) is 3.25. The van der Waals surface area contributed by atoms with Crippen LogP contribution >= 0.6 is 22.6 Å². The number of rotatable bonds is 1. The minimum atomic E-state index is -0.217. The van der Waals surface area contributed by atoms with Gasteiger partial charge in [-0.25, -0.2) is 0 Å². The lowest BCUT2D eigenvalue weighted by atomic mass is 10.4. The summed E-state index contributed by atoms with van der Waals surface area (Å²) in [5, 5.41) is 2.49.